The first kappa shape index (κ1) is 14.1. The molecular weight excluding hydrogens is 263 g/mol. The highest BCUT2D eigenvalue weighted by Gasteiger charge is 2.10. The third-order valence-corrected chi connectivity index (χ3v) is 3.42. The van der Waals surface area contributed by atoms with Crippen LogP contribution in [0.2, 0.25) is 0 Å². The smallest absolute Gasteiger partial charge is 0.488 e. The van der Waals surface area contributed by atoms with Gasteiger partial charge in [-0.2, -0.15) is 11.8 Å². The lowest BCUT2D eigenvalue weighted by molar-refractivity contribution is 0.344. The molecular formula is C13H15BO4S. The molecule has 0 unspecified atom stereocenters. The molecule has 0 aliphatic rings. The monoisotopic (exact) mass is 278 g/mol. The van der Waals surface area contributed by atoms with Gasteiger partial charge in [0.2, 0.25) is 0 Å². The fourth-order valence-corrected chi connectivity index (χ4v) is 2.26. The molecule has 100 valence electrons. The van der Waals surface area contributed by atoms with Crippen LogP contribution >= 0.6 is 11.8 Å². The molecule has 0 saturated carbocycles. The van der Waals surface area contributed by atoms with Crippen LogP contribution in [-0.2, 0) is 5.75 Å². The minimum absolute atomic E-state index is 0.431. The average Bonchev–Trinajstić information content (AvgIpc) is 2.92. The molecule has 1 aromatic heterocycles. The van der Waals surface area contributed by atoms with Crippen LogP contribution in [0.3, 0.4) is 0 Å². The summed E-state index contributed by atoms with van der Waals surface area (Å²) in [7, 11) is -1.46. The Hall–Kier alpha value is -1.37. The van der Waals surface area contributed by atoms with Crippen LogP contribution in [0.25, 0.3) is 0 Å². The maximum atomic E-state index is 9.05. The van der Waals surface area contributed by atoms with E-state index in [1.54, 1.807) is 42.3 Å². The van der Waals surface area contributed by atoms with E-state index in [0.717, 1.165) is 17.3 Å². The Morgan fingerprint density at radius 1 is 1.21 bits per heavy atom. The van der Waals surface area contributed by atoms with Gasteiger partial charge in [0.05, 0.1) is 18.6 Å². The van der Waals surface area contributed by atoms with E-state index in [0.29, 0.717) is 17.8 Å². The molecule has 4 nitrogen and oxygen atoms in total. The second kappa shape index (κ2) is 7.28. The summed E-state index contributed by atoms with van der Waals surface area (Å²) >= 11 is 1.72. The molecule has 0 saturated heterocycles. The van der Waals surface area contributed by atoms with Crippen LogP contribution in [0, 0.1) is 0 Å². The number of hydrogen-bond donors (Lipinski definition) is 2. The van der Waals surface area contributed by atoms with E-state index in [-0.39, 0.29) is 0 Å². The van der Waals surface area contributed by atoms with E-state index in [2.05, 4.69) is 0 Å². The normalized spacial score (nSPS) is 10.4. The number of thioether (sulfide) groups is 1. The molecule has 2 N–H and O–H groups in total. The Morgan fingerprint density at radius 2 is 2.11 bits per heavy atom. The standard InChI is InChI=1S/C13H15BO4S/c15-14(16)11-3-1-4-12(9-11)18-7-8-19-10-13-5-2-6-17-13/h1-6,9,15-16H,7-8,10H2. The zero-order chi connectivity index (χ0) is 13.5. The largest absolute Gasteiger partial charge is 0.493 e. The minimum atomic E-state index is -1.46. The van der Waals surface area contributed by atoms with Crippen molar-refractivity contribution in [1.82, 2.24) is 0 Å². The molecule has 1 heterocycles. The summed E-state index contributed by atoms with van der Waals surface area (Å²) in [4.78, 5) is 0. The summed E-state index contributed by atoms with van der Waals surface area (Å²) in [6, 6.07) is 10.6. The van der Waals surface area contributed by atoms with Gasteiger partial charge in [-0.15, -0.1) is 0 Å². The Balaban J connectivity index is 1.69. The summed E-state index contributed by atoms with van der Waals surface area (Å²) in [6.07, 6.45) is 1.66. The van der Waals surface area contributed by atoms with E-state index < -0.39 is 7.12 Å². The molecule has 0 bridgehead atoms. The molecule has 2 rings (SSSR count). The van der Waals surface area contributed by atoms with Crippen LogP contribution < -0.4 is 10.2 Å². The predicted molar refractivity (Wildman–Crippen MR) is 76.6 cm³/mol. The fraction of sp³-hybridized carbons (Fsp3) is 0.231. The van der Waals surface area contributed by atoms with Crippen molar-refractivity contribution in [3.8, 4) is 5.75 Å². The van der Waals surface area contributed by atoms with E-state index >= 15 is 0 Å². The molecule has 6 heteroatoms. The lowest BCUT2D eigenvalue weighted by Crippen LogP contribution is -2.29. The first-order chi connectivity index (χ1) is 9.25. The van der Waals surface area contributed by atoms with Gasteiger partial charge in [-0.3, -0.25) is 0 Å². The van der Waals surface area contributed by atoms with Crippen molar-refractivity contribution < 1.29 is 19.2 Å². The van der Waals surface area contributed by atoms with Crippen molar-refractivity contribution in [2.45, 2.75) is 5.75 Å². The highest BCUT2D eigenvalue weighted by Crippen LogP contribution is 2.13. The first-order valence-corrected chi connectivity index (χ1v) is 7.10. The van der Waals surface area contributed by atoms with Gasteiger partial charge in [0.1, 0.15) is 11.5 Å². The Morgan fingerprint density at radius 3 is 2.84 bits per heavy atom. The second-order valence-corrected chi connectivity index (χ2v) is 5.03. The molecule has 2 aromatic rings. The number of ether oxygens (including phenoxy) is 1. The van der Waals surface area contributed by atoms with Crippen molar-refractivity contribution in [3.05, 3.63) is 48.4 Å². The summed E-state index contributed by atoms with van der Waals surface area (Å²) in [5.74, 6) is 3.26. The van der Waals surface area contributed by atoms with Crippen molar-refractivity contribution in [2.75, 3.05) is 12.4 Å². The van der Waals surface area contributed by atoms with Crippen molar-refractivity contribution in [3.63, 3.8) is 0 Å². The molecule has 19 heavy (non-hydrogen) atoms. The van der Waals surface area contributed by atoms with Crippen LogP contribution in [-0.4, -0.2) is 29.5 Å². The van der Waals surface area contributed by atoms with Crippen LogP contribution in [0.15, 0.2) is 47.1 Å². The lowest BCUT2D eigenvalue weighted by atomic mass is 9.80. The van der Waals surface area contributed by atoms with Crippen molar-refractivity contribution in [2.24, 2.45) is 0 Å². The van der Waals surface area contributed by atoms with Gasteiger partial charge in [-0.25, -0.2) is 0 Å². The van der Waals surface area contributed by atoms with E-state index in [1.165, 1.54) is 0 Å². The first-order valence-electron chi connectivity index (χ1n) is 5.95. The third kappa shape index (κ3) is 4.67. The molecule has 0 fully saturated rings. The number of hydrogen-bond acceptors (Lipinski definition) is 5. The fourth-order valence-electron chi connectivity index (χ4n) is 1.55. The molecule has 0 radical (unpaired) electrons. The number of furan rings is 1. The van der Waals surface area contributed by atoms with Crippen LogP contribution in [0.4, 0.5) is 0 Å². The van der Waals surface area contributed by atoms with Crippen molar-refractivity contribution >= 4 is 24.3 Å². The zero-order valence-corrected chi connectivity index (χ0v) is 11.2. The van der Waals surface area contributed by atoms with Gasteiger partial charge in [-0.05, 0) is 29.7 Å². The minimum Gasteiger partial charge on any atom is -0.493 e. The number of rotatable bonds is 7. The van der Waals surface area contributed by atoms with E-state index in [4.69, 9.17) is 19.2 Å². The summed E-state index contributed by atoms with van der Waals surface area (Å²) in [5, 5.41) is 18.1. The predicted octanol–water partition coefficient (Wildman–Crippen LogP) is 1.27. The Labute approximate surface area is 116 Å². The summed E-state index contributed by atoms with van der Waals surface area (Å²) < 4.78 is 10.8. The van der Waals surface area contributed by atoms with E-state index in [9.17, 15) is 0 Å². The van der Waals surface area contributed by atoms with Gasteiger partial charge >= 0.3 is 7.12 Å². The van der Waals surface area contributed by atoms with Crippen LogP contribution in [0.1, 0.15) is 5.76 Å². The SMILES string of the molecule is OB(O)c1cccc(OCCSCc2ccco2)c1. The van der Waals surface area contributed by atoms with Gasteiger partial charge in [-0.1, -0.05) is 12.1 Å². The number of benzene rings is 1. The molecule has 0 amide bonds. The molecule has 0 aliphatic carbocycles. The Kier molecular flexibility index (Phi) is 5.38. The maximum absolute atomic E-state index is 9.05. The quantitative estimate of drug-likeness (QED) is 0.590. The average molecular weight is 278 g/mol. The topological polar surface area (TPSA) is 62.8 Å². The van der Waals surface area contributed by atoms with Crippen LogP contribution in [0.5, 0.6) is 5.75 Å². The maximum Gasteiger partial charge on any atom is 0.488 e. The molecule has 0 atom stereocenters. The summed E-state index contributed by atoms with van der Waals surface area (Å²) in [6.45, 7) is 0.566. The molecule has 0 spiro atoms. The van der Waals surface area contributed by atoms with Gasteiger partial charge in [0.15, 0.2) is 0 Å². The molecule has 1 aromatic carbocycles. The highest BCUT2D eigenvalue weighted by molar-refractivity contribution is 7.98. The summed E-state index contributed by atoms with van der Waals surface area (Å²) in [5.41, 5.74) is 0.431. The van der Waals surface area contributed by atoms with Crippen molar-refractivity contribution in [1.29, 1.82) is 0 Å². The van der Waals surface area contributed by atoms with Gasteiger partial charge < -0.3 is 19.2 Å². The third-order valence-electron chi connectivity index (χ3n) is 2.48. The second-order valence-electron chi connectivity index (χ2n) is 3.93. The Bertz CT molecular complexity index is 487. The lowest BCUT2D eigenvalue weighted by Gasteiger charge is -2.07. The van der Waals surface area contributed by atoms with Gasteiger partial charge in [0, 0.05) is 5.75 Å². The molecule has 0 aliphatic heterocycles. The van der Waals surface area contributed by atoms with E-state index in [1.807, 2.05) is 12.1 Å². The van der Waals surface area contributed by atoms with Gasteiger partial charge in [0.25, 0.3) is 0 Å². The highest BCUT2D eigenvalue weighted by atomic mass is 32.2. The zero-order valence-electron chi connectivity index (χ0n) is 10.4.